The molecule has 7 nitrogen and oxygen atoms in total. The van der Waals surface area contributed by atoms with Gasteiger partial charge in [-0.3, -0.25) is 4.79 Å². The summed E-state index contributed by atoms with van der Waals surface area (Å²) in [5, 5.41) is 16.9. The lowest BCUT2D eigenvalue weighted by atomic mass is 10.1. The number of benzene rings is 2. The molecule has 1 amide bonds. The molecular weight excluding hydrogens is 413 g/mol. The SMILES string of the molecule is CN(C)c1ccc(NC(=O)CCc2nc(-c3ccc(Cl)cc3)no2)c(C#N)c1Cl. The number of carbonyl (C=O) groups excluding carboxylic acids is 1. The van der Waals surface area contributed by atoms with Gasteiger partial charge in [0.15, 0.2) is 0 Å². The van der Waals surface area contributed by atoms with Gasteiger partial charge >= 0.3 is 0 Å². The van der Waals surface area contributed by atoms with E-state index in [2.05, 4.69) is 15.5 Å². The van der Waals surface area contributed by atoms with Crippen molar-refractivity contribution in [3.63, 3.8) is 0 Å². The minimum atomic E-state index is -0.290. The highest BCUT2D eigenvalue weighted by Crippen LogP contribution is 2.33. The third kappa shape index (κ3) is 4.86. The van der Waals surface area contributed by atoms with Crippen LogP contribution in [0.2, 0.25) is 10.0 Å². The standard InChI is InChI=1S/C20H17Cl2N5O2/c1-27(2)16-8-7-15(14(11-23)19(16)22)24-17(28)9-10-18-25-20(26-29-18)12-3-5-13(21)6-4-12/h3-8H,9-10H2,1-2H3,(H,24,28). The topological polar surface area (TPSA) is 95.1 Å². The monoisotopic (exact) mass is 429 g/mol. The molecule has 1 N–H and O–H groups in total. The molecular formula is C20H17Cl2N5O2. The fourth-order valence-corrected chi connectivity index (χ4v) is 3.13. The number of amides is 1. The Morgan fingerprint density at radius 1 is 1.21 bits per heavy atom. The Balaban J connectivity index is 1.64. The first kappa shape index (κ1) is 20.6. The summed E-state index contributed by atoms with van der Waals surface area (Å²) in [5.41, 5.74) is 2.04. The summed E-state index contributed by atoms with van der Waals surface area (Å²) < 4.78 is 5.20. The van der Waals surface area contributed by atoms with Crippen molar-refractivity contribution >= 4 is 40.5 Å². The zero-order valence-corrected chi connectivity index (χ0v) is 17.3. The van der Waals surface area contributed by atoms with Crippen molar-refractivity contribution < 1.29 is 9.32 Å². The minimum Gasteiger partial charge on any atom is -0.376 e. The predicted molar refractivity (Wildman–Crippen MR) is 112 cm³/mol. The van der Waals surface area contributed by atoms with Gasteiger partial charge in [-0.25, -0.2) is 0 Å². The Morgan fingerprint density at radius 3 is 2.59 bits per heavy atom. The van der Waals surface area contributed by atoms with E-state index >= 15 is 0 Å². The first-order chi connectivity index (χ1) is 13.9. The Labute approximate surface area is 177 Å². The van der Waals surface area contributed by atoms with Crippen LogP contribution in [0, 0.1) is 11.3 Å². The van der Waals surface area contributed by atoms with Gasteiger partial charge in [0.1, 0.15) is 6.07 Å². The fraction of sp³-hybridized carbons (Fsp3) is 0.200. The van der Waals surface area contributed by atoms with Crippen LogP contribution in [0.25, 0.3) is 11.4 Å². The van der Waals surface area contributed by atoms with Gasteiger partial charge < -0.3 is 14.7 Å². The summed E-state index contributed by atoms with van der Waals surface area (Å²) in [6.45, 7) is 0. The summed E-state index contributed by atoms with van der Waals surface area (Å²) in [6, 6.07) is 12.5. The fourth-order valence-electron chi connectivity index (χ4n) is 2.63. The van der Waals surface area contributed by atoms with Gasteiger partial charge in [-0.1, -0.05) is 28.4 Å². The largest absolute Gasteiger partial charge is 0.376 e. The molecule has 0 radical (unpaired) electrons. The predicted octanol–water partition coefficient (Wildman–Crippen LogP) is 4.55. The van der Waals surface area contributed by atoms with E-state index in [0.29, 0.717) is 33.1 Å². The second-order valence-electron chi connectivity index (χ2n) is 6.39. The molecule has 9 heteroatoms. The number of carbonyl (C=O) groups is 1. The maximum Gasteiger partial charge on any atom is 0.227 e. The van der Waals surface area contributed by atoms with Crippen LogP contribution in [0.5, 0.6) is 0 Å². The van der Waals surface area contributed by atoms with Crippen LogP contribution in [0.1, 0.15) is 17.9 Å². The molecule has 3 rings (SSSR count). The number of aryl methyl sites for hydroxylation is 1. The summed E-state index contributed by atoms with van der Waals surface area (Å²) in [6.07, 6.45) is 0.373. The normalized spacial score (nSPS) is 10.4. The molecule has 0 aliphatic carbocycles. The number of halogens is 2. The van der Waals surface area contributed by atoms with Gasteiger partial charge in [0.25, 0.3) is 0 Å². The summed E-state index contributed by atoms with van der Waals surface area (Å²) in [4.78, 5) is 18.4. The molecule has 0 saturated carbocycles. The highest BCUT2D eigenvalue weighted by atomic mass is 35.5. The highest BCUT2D eigenvalue weighted by Gasteiger charge is 2.16. The van der Waals surface area contributed by atoms with Gasteiger partial charge in [-0.05, 0) is 36.4 Å². The maximum absolute atomic E-state index is 12.3. The number of hydrogen-bond acceptors (Lipinski definition) is 6. The third-order valence-corrected chi connectivity index (χ3v) is 4.76. The molecule has 0 aliphatic heterocycles. The first-order valence-corrected chi connectivity index (χ1v) is 9.43. The summed E-state index contributed by atoms with van der Waals surface area (Å²) in [5.74, 6) is 0.475. The van der Waals surface area contributed by atoms with E-state index < -0.39 is 0 Å². The number of nitrogens with zero attached hydrogens (tertiary/aromatic N) is 4. The molecule has 0 spiro atoms. The van der Waals surface area contributed by atoms with Crippen molar-refractivity contribution in [2.75, 3.05) is 24.3 Å². The Bertz CT molecular complexity index is 1070. The Hall–Kier alpha value is -3.08. The number of aromatic nitrogens is 2. The zero-order valence-electron chi connectivity index (χ0n) is 15.7. The van der Waals surface area contributed by atoms with Gasteiger partial charge in [0.05, 0.1) is 22.0 Å². The third-order valence-electron chi connectivity index (χ3n) is 4.13. The van der Waals surface area contributed by atoms with Crippen LogP contribution in [0.3, 0.4) is 0 Å². The Kier molecular flexibility index (Phi) is 6.37. The van der Waals surface area contributed by atoms with E-state index in [1.807, 2.05) is 20.2 Å². The minimum absolute atomic E-state index is 0.111. The number of anilines is 2. The number of rotatable bonds is 6. The molecule has 148 valence electrons. The van der Waals surface area contributed by atoms with Gasteiger partial charge in [-0.15, -0.1) is 0 Å². The lowest BCUT2D eigenvalue weighted by molar-refractivity contribution is -0.116. The first-order valence-electron chi connectivity index (χ1n) is 8.67. The molecule has 29 heavy (non-hydrogen) atoms. The zero-order chi connectivity index (χ0) is 21.0. The van der Waals surface area contributed by atoms with E-state index in [1.165, 1.54) is 0 Å². The van der Waals surface area contributed by atoms with Crippen LogP contribution in [0.15, 0.2) is 40.9 Å². The molecule has 0 atom stereocenters. The second-order valence-corrected chi connectivity index (χ2v) is 7.21. The quantitative estimate of drug-likeness (QED) is 0.617. The number of nitrogens with one attached hydrogen (secondary N) is 1. The van der Waals surface area contributed by atoms with Crippen molar-refractivity contribution in [2.24, 2.45) is 0 Å². The average molecular weight is 430 g/mol. The number of hydrogen-bond donors (Lipinski definition) is 1. The number of nitriles is 1. The Morgan fingerprint density at radius 2 is 1.93 bits per heavy atom. The summed E-state index contributed by atoms with van der Waals surface area (Å²) >= 11 is 12.2. The van der Waals surface area contributed by atoms with Crippen molar-refractivity contribution in [2.45, 2.75) is 12.8 Å². The lowest BCUT2D eigenvalue weighted by Crippen LogP contribution is -2.15. The van der Waals surface area contributed by atoms with E-state index in [1.54, 1.807) is 41.3 Å². The van der Waals surface area contributed by atoms with Crippen LogP contribution >= 0.6 is 23.2 Å². The van der Waals surface area contributed by atoms with Crippen LogP contribution in [-0.4, -0.2) is 30.1 Å². The van der Waals surface area contributed by atoms with E-state index in [-0.39, 0.29) is 24.3 Å². The molecule has 2 aromatic carbocycles. The molecule has 0 bridgehead atoms. The molecule has 3 aromatic rings. The van der Waals surface area contributed by atoms with Crippen LogP contribution in [-0.2, 0) is 11.2 Å². The summed E-state index contributed by atoms with van der Waals surface area (Å²) in [7, 11) is 3.65. The van der Waals surface area contributed by atoms with Gasteiger partial charge in [0.2, 0.25) is 17.6 Å². The lowest BCUT2D eigenvalue weighted by Gasteiger charge is -2.17. The molecule has 1 aromatic heterocycles. The molecule has 0 aliphatic rings. The van der Waals surface area contributed by atoms with E-state index in [4.69, 9.17) is 27.7 Å². The van der Waals surface area contributed by atoms with Gasteiger partial charge in [0, 0.05) is 37.5 Å². The smallest absolute Gasteiger partial charge is 0.227 e. The van der Waals surface area contributed by atoms with E-state index in [9.17, 15) is 10.1 Å². The van der Waals surface area contributed by atoms with Crippen molar-refractivity contribution in [1.29, 1.82) is 5.26 Å². The van der Waals surface area contributed by atoms with Gasteiger partial charge in [-0.2, -0.15) is 10.2 Å². The van der Waals surface area contributed by atoms with Crippen molar-refractivity contribution in [1.82, 2.24) is 10.1 Å². The van der Waals surface area contributed by atoms with Crippen molar-refractivity contribution in [3.8, 4) is 17.5 Å². The second kappa shape index (κ2) is 8.95. The molecule has 0 fully saturated rings. The highest BCUT2D eigenvalue weighted by molar-refractivity contribution is 6.35. The van der Waals surface area contributed by atoms with Crippen LogP contribution in [0.4, 0.5) is 11.4 Å². The van der Waals surface area contributed by atoms with E-state index in [0.717, 1.165) is 5.56 Å². The maximum atomic E-state index is 12.3. The molecule has 0 saturated heterocycles. The molecule has 1 heterocycles. The molecule has 0 unspecified atom stereocenters. The van der Waals surface area contributed by atoms with Crippen molar-refractivity contribution in [3.05, 3.63) is 57.9 Å². The average Bonchev–Trinajstić information content (AvgIpc) is 3.16. The van der Waals surface area contributed by atoms with Crippen LogP contribution < -0.4 is 10.2 Å².